The summed E-state index contributed by atoms with van der Waals surface area (Å²) in [5, 5.41) is 3.01. The molecule has 128 valence electrons. The lowest BCUT2D eigenvalue weighted by atomic mass is 9.84. The van der Waals surface area contributed by atoms with Crippen molar-refractivity contribution in [3.63, 3.8) is 0 Å². The summed E-state index contributed by atoms with van der Waals surface area (Å²) in [6, 6.07) is 6.89. The van der Waals surface area contributed by atoms with E-state index in [1.54, 1.807) is 24.3 Å². The van der Waals surface area contributed by atoms with Gasteiger partial charge in [-0.05, 0) is 18.9 Å². The number of alkyl halides is 3. The molecule has 1 saturated carbocycles. The second-order valence-electron chi connectivity index (χ2n) is 6.11. The zero-order chi connectivity index (χ0) is 17.3. The van der Waals surface area contributed by atoms with Crippen molar-refractivity contribution in [1.29, 1.82) is 0 Å². The van der Waals surface area contributed by atoms with Crippen LogP contribution < -0.4 is 10.9 Å². The number of aromatic nitrogens is 1. The smallest absolute Gasteiger partial charge is 0.349 e. The molecule has 2 atom stereocenters. The number of pyridine rings is 1. The number of hydrogen-bond acceptors (Lipinski definition) is 2. The van der Waals surface area contributed by atoms with Gasteiger partial charge in [-0.25, -0.2) is 0 Å². The highest BCUT2D eigenvalue weighted by Gasteiger charge is 2.46. The zero-order valence-electron chi connectivity index (χ0n) is 12.8. The van der Waals surface area contributed by atoms with Crippen LogP contribution in [0.1, 0.15) is 36.0 Å². The number of carbonyl (C=O) groups is 1. The van der Waals surface area contributed by atoms with E-state index in [4.69, 9.17) is 0 Å². The molecule has 0 bridgehead atoms. The summed E-state index contributed by atoms with van der Waals surface area (Å²) in [5.74, 6) is -2.18. The maximum atomic E-state index is 13.2. The second kappa shape index (κ2) is 6.30. The van der Waals surface area contributed by atoms with Gasteiger partial charge in [0, 0.05) is 23.0 Å². The molecule has 1 heterocycles. The van der Waals surface area contributed by atoms with Crippen molar-refractivity contribution in [2.75, 3.05) is 0 Å². The number of nitrogens with one attached hydrogen (secondary N) is 2. The fourth-order valence-corrected chi connectivity index (χ4v) is 3.33. The molecule has 2 aromatic rings. The van der Waals surface area contributed by atoms with Crippen molar-refractivity contribution in [1.82, 2.24) is 10.3 Å². The van der Waals surface area contributed by atoms with E-state index >= 15 is 0 Å². The number of halogens is 3. The van der Waals surface area contributed by atoms with Crippen molar-refractivity contribution in [2.24, 2.45) is 5.92 Å². The number of benzene rings is 1. The van der Waals surface area contributed by atoms with Gasteiger partial charge in [0.25, 0.3) is 5.91 Å². The normalized spacial score (nSPS) is 21.6. The molecule has 0 radical (unpaired) electrons. The molecule has 0 saturated heterocycles. The Morgan fingerprint density at radius 1 is 1.17 bits per heavy atom. The first-order valence-electron chi connectivity index (χ1n) is 7.86. The minimum Gasteiger partial charge on any atom is -0.349 e. The SMILES string of the molecule is O=C(NC1CCCCC1C(F)(F)F)c1cc(=O)[nH]c2ccccc12. The molecule has 0 aliphatic heterocycles. The number of aromatic amines is 1. The van der Waals surface area contributed by atoms with E-state index in [-0.39, 0.29) is 18.4 Å². The Morgan fingerprint density at radius 3 is 2.62 bits per heavy atom. The summed E-state index contributed by atoms with van der Waals surface area (Å²) in [6.45, 7) is 0. The molecule has 24 heavy (non-hydrogen) atoms. The topological polar surface area (TPSA) is 62.0 Å². The van der Waals surface area contributed by atoms with Gasteiger partial charge in [-0.1, -0.05) is 31.0 Å². The van der Waals surface area contributed by atoms with E-state index in [1.807, 2.05) is 0 Å². The molecule has 1 amide bonds. The molecule has 1 aliphatic carbocycles. The van der Waals surface area contributed by atoms with Gasteiger partial charge in [0.05, 0.1) is 11.5 Å². The van der Waals surface area contributed by atoms with Gasteiger partial charge in [0.1, 0.15) is 0 Å². The molecule has 2 unspecified atom stereocenters. The zero-order valence-corrected chi connectivity index (χ0v) is 12.8. The summed E-state index contributed by atoms with van der Waals surface area (Å²) >= 11 is 0. The van der Waals surface area contributed by atoms with Crippen LogP contribution in [0.5, 0.6) is 0 Å². The number of amides is 1. The van der Waals surface area contributed by atoms with Crippen LogP contribution in [0.3, 0.4) is 0 Å². The first-order valence-corrected chi connectivity index (χ1v) is 7.86. The average molecular weight is 338 g/mol. The first kappa shape index (κ1) is 16.5. The Kier molecular flexibility index (Phi) is 4.34. The third-order valence-corrected chi connectivity index (χ3v) is 4.50. The lowest BCUT2D eigenvalue weighted by molar-refractivity contribution is -0.187. The summed E-state index contributed by atoms with van der Waals surface area (Å²) < 4.78 is 39.5. The van der Waals surface area contributed by atoms with Crippen LogP contribution >= 0.6 is 0 Å². The lowest BCUT2D eigenvalue weighted by Crippen LogP contribution is -2.47. The van der Waals surface area contributed by atoms with Crippen molar-refractivity contribution < 1.29 is 18.0 Å². The molecular formula is C17H17F3N2O2. The minimum atomic E-state index is -4.34. The highest BCUT2D eigenvalue weighted by Crippen LogP contribution is 2.37. The van der Waals surface area contributed by atoms with E-state index < -0.39 is 29.6 Å². The highest BCUT2D eigenvalue weighted by atomic mass is 19.4. The summed E-state index contributed by atoms with van der Waals surface area (Å²) in [7, 11) is 0. The Hall–Kier alpha value is -2.31. The fourth-order valence-electron chi connectivity index (χ4n) is 3.33. The maximum Gasteiger partial charge on any atom is 0.393 e. The number of para-hydroxylation sites is 1. The quantitative estimate of drug-likeness (QED) is 0.882. The van der Waals surface area contributed by atoms with E-state index in [1.165, 1.54) is 0 Å². The molecule has 7 heteroatoms. The maximum absolute atomic E-state index is 13.2. The summed E-state index contributed by atoms with van der Waals surface area (Å²) in [4.78, 5) is 26.8. The summed E-state index contributed by atoms with van der Waals surface area (Å²) in [6.07, 6.45) is -2.88. The Morgan fingerprint density at radius 2 is 1.88 bits per heavy atom. The van der Waals surface area contributed by atoms with E-state index in [2.05, 4.69) is 10.3 Å². The largest absolute Gasteiger partial charge is 0.393 e. The molecule has 1 aromatic heterocycles. The lowest BCUT2D eigenvalue weighted by Gasteiger charge is -2.33. The van der Waals surface area contributed by atoms with Crippen LogP contribution in [0, 0.1) is 5.92 Å². The van der Waals surface area contributed by atoms with Crippen LogP contribution in [-0.2, 0) is 0 Å². The number of hydrogen-bond donors (Lipinski definition) is 2. The number of fused-ring (bicyclic) bond motifs is 1. The Bertz CT molecular complexity index is 813. The Labute approximate surface area is 136 Å². The van der Waals surface area contributed by atoms with Gasteiger partial charge < -0.3 is 10.3 Å². The van der Waals surface area contributed by atoms with Crippen LogP contribution in [0.25, 0.3) is 10.9 Å². The molecule has 4 nitrogen and oxygen atoms in total. The highest BCUT2D eigenvalue weighted by molar-refractivity contribution is 6.06. The molecule has 1 aliphatic rings. The molecule has 1 aromatic carbocycles. The standard InChI is InChI=1S/C17H17F3N2O2/c18-17(19,20)12-6-2-4-8-14(12)22-16(24)11-9-15(23)21-13-7-3-1-5-10(11)13/h1,3,5,7,9,12,14H,2,4,6,8H2,(H,21,23)(H,22,24). The molecule has 1 fully saturated rings. The van der Waals surface area contributed by atoms with Gasteiger partial charge in [0.2, 0.25) is 5.56 Å². The van der Waals surface area contributed by atoms with Crippen molar-refractivity contribution >= 4 is 16.8 Å². The van der Waals surface area contributed by atoms with Crippen molar-refractivity contribution in [3.05, 3.63) is 46.2 Å². The number of carbonyl (C=O) groups excluding carboxylic acids is 1. The predicted octanol–water partition coefficient (Wildman–Crippen LogP) is 3.38. The average Bonchev–Trinajstić information content (AvgIpc) is 2.53. The fraction of sp³-hybridized carbons (Fsp3) is 0.412. The molecule has 2 N–H and O–H groups in total. The van der Waals surface area contributed by atoms with Gasteiger partial charge in [-0.3, -0.25) is 9.59 Å². The van der Waals surface area contributed by atoms with Crippen molar-refractivity contribution in [3.8, 4) is 0 Å². The summed E-state index contributed by atoms with van der Waals surface area (Å²) in [5.41, 5.74) is 0.113. The molecule has 3 rings (SSSR count). The van der Waals surface area contributed by atoms with E-state index in [9.17, 15) is 22.8 Å². The number of rotatable bonds is 2. The Balaban J connectivity index is 1.91. The second-order valence-corrected chi connectivity index (χ2v) is 6.11. The van der Waals surface area contributed by atoms with Crippen LogP contribution in [-0.4, -0.2) is 23.1 Å². The van der Waals surface area contributed by atoms with Crippen molar-refractivity contribution in [2.45, 2.75) is 37.9 Å². The van der Waals surface area contributed by atoms with E-state index in [0.29, 0.717) is 23.7 Å². The van der Waals surface area contributed by atoms with Crippen LogP contribution in [0.4, 0.5) is 13.2 Å². The third kappa shape index (κ3) is 3.29. The van der Waals surface area contributed by atoms with Gasteiger partial charge in [-0.2, -0.15) is 13.2 Å². The minimum absolute atomic E-state index is 0.0184. The molecular weight excluding hydrogens is 321 g/mol. The molecule has 0 spiro atoms. The third-order valence-electron chi connectivity index (χ3n) is 4.50. The van der Waals surface area contributed by atoms with Crippen LogP contribution in [0.15, 0.2) is 35.1 Å². The monoisotopic (exact) mass is 338 g/mol. The first-order chi connectivity index (χ1) is 11.4. The van der Waals surface area contributed by atoms with Crippen LogP contribution in [0.2, 0.25) is 0 Å². The van der Waals surface area contributed by atoms with Gasteiger partial charge >= 0.3 is 6.18 Å². The number of H-pyrrole nitrogens is 1. The van der Waals surface area contributed by atoms with Gasteiger partial charge in [-0.15, -0.1) is 0 Å². The van der Waals surface area contributed by atoms with Gasteiger partial charge in [0.15, 0.2) is 0 Å². The predicted molar refractivity (Wildman–Crippen MR) is 83.8 cm³/mol. The van der Waals surface area contributed by atoms with E-state index in [0.717, 1.165) is 6.07 Å².